The van der Waals surface area contributed by atoms with E-state index < -0.39 is 36.8 Å². The molecule has 0 radical (unpaired) electrons. The minimum atomic E-state index is -2.79. The van der Waals surface area contributed by atoms with Crippen molar-refractivity contribution < 1.29 is 33.3 Å². The number of piperidine rings is 2. The number of rotatable bonds is 15. The van der Waals surface area contributed by atoms with Gasteiger partial charge in [-0.1, -0.05) is 6.92 Å². The van der Waals surface area contributed by atoms with Crippen molar-refractivity contribution >= 4 is 103 Å². The number of halogens is 1. The summed E-state index contributed by atoms with van der Waals surface area (Å²) in [6, 6.07) is 12.1. The molecule has 2 atom stereocenters. The molecular weight excluding hydrogens is 967 g/mol. The predicted octanol–water partition coefficient (Wildman–Crippen LogP) is 5.09. The highest BCUT2D eigenvalue weighted by Crippen LogP contribution is 2.42. The fraction of sp³-hybridized carbons (Fsp3) is 0.396. The summed E-state index contributed by atoms with van der Waals surface area (Å²) in [7, 11) is -1.15. The van der Waals surface area contributed by atoms with Gasteiger partial charge in [0.15, 0.2) is 0 Å². The van der Waals surface area contributed by atoms with Crippen LogP contribution in [0.25, 0.3) is 11.0 Å². The molecular formula is C48H54BrN12O7P. The molecule has 3 saturated heterocycles. The number of aromatic nitrogens is 4. The zero-order valence-corrected chi connectivity index (χ0v) is 41.3. The number of carbonyl (C=O) groups excluding carboxylic acids is 5. The van der Waals surface area contributed by atoms with Gasteiger partial charge in [0.25, 0.3) is 11.8 Å². The fourth-order valence-electron chi connectivity index (χ4n) is 9.68. The van der Waals surface area contributed by atoms with Gasteiger partial charge in [0, 0.05) is 87.8 Å². The molecule has 5 amide bonds. The van der Waals surface area contributed by atoms with E-state index in [1.807, 2.05) is 17.0 Å². The lowest BCUT2D eigenvalue weighted by Gasteiger charge is -2.35. The molecule has 6 heterocycles. The second-order valence-corrected chi connectivity index (χ2v) is 22.0. The number of methoxy groups -OCH3 is 1. The summed E-state index contributed by atoms with van der Waals surface area (Å²) in [6.07, 6.45) is 8.31. The highest BCUT2D eigenvalue weighted by atomic mass is 79.9. The normalized spacial score (nSPS) is 18.7. The first-order valence-electron chi connectivity index (χ1n) is 23.1. The van der Waals surface area contributed by atoms with E-state index in [4.69, 9.17) is 9.72 Å². The lowest BCUT2D eigenvalue weighted by atomic mass is 10.0. The number of amides is 5. The van der Waals surface area contributed by atoms with Crippen LogP contribution >= 0.6 is 23.1 Å². The molecule has 2 unspecified atom stereocenters. The van der Waals surface area contributed by atoms with E-state index in [1.165, 1.54) is 0 Å². The minimum absolute atomic E-state index is 0.0234. The second-order valence-electron chi connectivity index (χ2n) is 18.0. The Bertz CT molecular complexity index is 2930. The van der Waals surface area contributed by atoms with Crippen LogP contribution in [0, 0.1) is 5.92 Å². The number of hydrogen-bond donors (Lipinski definition) is 5. The molecule has 21 heteroatoms. The van der Waals surface area contributed by atoms with Crippen LogP contribution in [0.1, 0.15) is 65.3 Å². The summed E-state index contributed by atoms with van der Waals surface area (Å²) in [5.41, 5.74) is 6.02. The van der Waals surface area contributed by atoms with Crippen molar-refractivity contribution in [3.05, 3.63) is 82.2 Å². The number of hydrogen-bond acceptors (Lipinski definition) is 16. The zero-order chi connectivity index (χ0) is 48.6. The van der Waals surface area contributed by atoms with Crippen molar-refractivity contribution in [1.82, 2.24) is 40.8 Å². The molecule has 4 aliphatic rings. The van der Waals surface area contributed by atoms with Gasteiger partial charge in [-0.3, -0.25) is 44.2 Å². The fourth-order valence-corrected chi connectivity index (χ4v) is 11.4. The van der Waals surface area contributed by atoms with Crippen molar-refractivity contribution in [2.45, 2.75) is 57.5 Å². The Morgan fingerprint density at radius 1 is 0.884 bits per heavy atom. The van der Waals surface area contributed by atoms with E-state index in [0.717, 1.165) is 59.9 Å². The molecule has 19 nitrogen and oxygen atoms in total. The van der Waals surface area contributed by atoms with Gasteiger partial charge >= 0.3 is 0 Å². The number of benzene rings is 3. The SMILES string of the molecule is CCc1cc(Nc2ncc(Br)c(Nc3ccc4nccnc4c3P(C)(C)=O)n2)c(OC)cc1N1CCC(NCCNC(=O)C2CCN(c3ccc4c(c3)C(=O)N(C3CCC(=O)NC3=O)C4=O)C2)CC1. The molecule has 3 aromatic carbocycles. The van der Waals surface area contributed by atoms with E-state index in [1.54, 1.807) is 57.2 Å². The summed E-state index contributed by atoms with van der Waals surface area (Å²) in [5, 5.41) is 16.3. The Labute approximate surface area is 407 Å². The number of anilines is 6. The number of ether oxygens (including phenoxy) is 1. The number of nitrogens with one attached hydrogen (secondary N) is 5. The van der Waals surface area contributed by atoms with E-state index in [2.05, 4.69) is 81.4 Å². The van der Waals surface area contributed by atoms with Crippen molar-refractivity contribution in [2.75, 3.05) is 80.1 Å². The van der Waals surface area contributed by atoms with E-state index >= 15 is 0 Å². The smallest absolute Gasteiger partial charge is 0.262 e. The Morgan fingerprint density at radius 2 is 1.65 bits per heavy atom. The summed E-state index contributed by atoms with van der Waals surface area (Å²) in [6.45, 7) is 9.46. The maximum atomic E-state index is 13.5. The minimum Gasteiger partial charge on any atom is -0.494 e. The average Bonchev–Trinajstić information content (AvgIpc) is 3.93. The van der Waals surface area contributed by atoms with E-state index in [9.17, 15) is 28.5 Å². The van der Waals surface area contributed by atoms with Crippen LogP contribution < -0.4 is 46.4 Å². The summed E-state index contributed by atoms with van der Waals surface area (Å²) >= 11 is 3.58. The van der Waals surface area contributed by atoms with Crippen LogP contribution in [0.4, 0.5) is 34.5 Å². The largest absolute Gasteiger partial charge is 0.494 e. The second kappa shape index (κ2) is 19.8. The van der Waals surface area contributed by atoms with Crippen LogP contribution in [0.5, 0.6) is 5.75 Å². The highest BCUT2D eigenvalue weighted by molar-refractivity contribution is 9.10. The number of imide groups is 2. The van der Waals surface area contributed by atoms with Crippen LogP contribution in [-0.4, -0.2) is 126 Å². The molecule has 0 spiro atoms. The molecule has 0 saturated carbocycles. The maximum Gasteiger partial charge on any atom is 0.262 e. The summed E-state index contributed by atoms with van der Waals surface area (Å²) in [5.74, 6) is -0.946. The predicted molar refractivity (Wildman–Crippen MR) is 267 cm³/mol. The van der Waals surface area contributed by atoms with Crippen molar-refractivity contribution in [3.63, 3.8) is 0 Å². The van der Waals surface area contributed by atoms with Gasteiger partial charge in [0.05, 0.1) is 50.8 Å². The number of nitrogens with zero attached hydrogens (tertiary/aromatic N) is 7. The molecule has 0 bridgehead atoms. The van der Waals surface area contributed by atoms with Crippen molar-refractivity contribution in [3.8, 4) is 5.75 Å². The molecule has 4 aliphatic heterocycles. The highest BCUT2D eigenvalue weighted by Gasteiger charge is 2.45. The molecule has 2 aromatic heterocycles. The molecule has 0 aliphatic carbocycles. The quantitative estimate of drug-likeness (QED) is 0.0522. The lowest BCUT2D eigenvalue weighted by molar-refractivity contribution is -0.136. The van der Waals surface area contributed by atoms with E-state index in [0.29, 0.717) is 82.7 Å². The van der Waals surface area contributed by atoms with Crippen molar-refractivity contribution in [2.24, 2.45) is 5.92 Å². The monoisotopic (exact) mass is 1020 g/mol. The Balaban J connectivity index is 0.756. The molecule has 5 N–H and O–H groups in total. The third-order valence-electron chi connectivity index (χ3n) is 13.2. The van der Waals surface area contributed by atoms with Gasteiger partial charge in [0.1, 0.15) is 30.3 Å². The molecule has 360 valence electrons. The lowest BCUT2D eigenvalue weighted by Crippen LogP contribution is -2.54. The van der Waals surface area contributed by atoms with Crippen LogP contribution in [0.3, 0.4) is 0 Å². The third kappa shape index (κ3) is 9.87. The standard InChI is InChI=1S/C48H54BrN12O7P/c1-5-27-22-36(56-48-54-25-33(49)43(58-48)55-35-9-8-34-41(52-17-16-51-34)42(35)69(3,4)67)39(68-2)24-38(27)59-20-13-29(14-21-59)50-15-18-53-44(63)28-12-19-60(26-28)30-6-7-31-32(23-30)47(66)61(46(31)65)37-10-11-40(62)57-45(37)64/h6-9,16-17,22-25,28-29,37,50H,5,10-15,18-21,26H2,1-4H3,(H,53,63)(H,57,62,64)(H2,54,55,56,58). The summed E-state index contributed by atoms with van der Waals surface area (Å²) < 4.78 is 20.1. The first kappa shape index (κ1) is 47.6. The molecule has 9 rings (SSSR count). The number of fused-ring (bicyclic) bond motifs is 2. The Hall–Kier alpha value is -6.50. The Kier molecular flexibility index (Phi) is 13.7. The topological polar surface area (TPSA) is 233 Å². The average molecular weight is 1020 g/mol. The van der Waals surface area contributed by atoms with Crippen molar-refractivity contribution in [1.29, 1.82) is 0 Å². The molecule has 69 heavy (non-hydrogen) atoms. The van der Waals surface area contributed by atoms with Gasteiger partial charge in [-0.25, -0.2) is 4.98 Å². The number of aryl methyl sites for hydroxylation is 1. The van der Waals surface area contributed by atoms with Gasteiger partial charge in [0.2, 0.25) is 23.7 Å². The number of carbonyl (C=O) groups is 5. The summed E-state index contributed by atoms with van der Waals surface area (Å²) in [4.78, 5) is 87.5. The van der Waals surface area contributed by atoms with Crippen LogP contribution in [0.2, 0.25) is 0 Å². The Morgan fingerprint density at radius 3 is 2.41 bits per heavy atom. The van der Waals surface area contributed by atoms with E-state index in [-0.39, 0.29) is 35.8 Å². The first-order chi connectivity index (χ1) is 33.2. The molecule has 3 fully saturated rings. The van der Waals surface area contributed by atoms with Crippen LogP contribution in [-0.2, 0) is 25.4 Å². The van der Waals surface area contributed by atoms with Gasteiger partial charge in [-0.15, -0.1) is 0 Å². The van der Waals surface area contributed by atoms with Gasteiger partial charge in [-0.05, 0) is 103 Å². The zero-order valence-electron chi connectivity index (χ0n) is 38.8. The maximum absolute atomic E-state index is 13.5. The van der Waals surface area contributed by atoms with Gasteiger partial charge < -0.3 is 40.4 Å². The van der Waals surface area contributed by atoms with Gasteiger partial charge in [-0.2, -0.15) is 4.98 Å². The molecule has 5 aromatic rings. The first-order valence-corrected chi connectivity index (χ1v) is 26.5. The van der Waals surface area contributed by atoms with Crippen LogP contribution in [0.15, 0.2) is 65.5 Å². The third-order valence-corrected chi connectivity index (χ3v) is 15.3.